The van der Waals surface area contributed by atoms with Gasteiger partial charge in [-0.25, -0.2) is 0 Å². The van der Waals surface area contributed by atoms with Crippen LogP contribution in [0.1, 0.15) is 11.5 Å². The van der Waals surface area contributed by atoms with Crippen LogP contribution < -0.4 is 0 Å². The Balaban J connectivity index is 2.30. The van der Waals surface area contributed by atoms with E-state index in [0.717, 1.165) is 23.7 Å². The molecule has 1 aliphatic rings. The molecule has 0 N–H and O–H groups in total. The molecule has 0 amide bonds. The van der Waals surface area contributed by atoms with Crippen molar-refractivity contribution in [2.45, 2.75) is 5.92 Å². The van der Waals surface area contributed by atoms with Crippen molar-refractivity contribution in [2.24, 2.45) is 5.92 Å². The van der Waals surface area contributed by atoms with E-state index in [-0.39, 0.29) is 17.8 Å². The number of likely N-dealkylation sites (tertiary alicyclic amines) is 1. The first-order chi connectivity index (χ1) is 8.13. The second-order valence-electron chi connectivity index (χ2n) is 4.48. The molecule has 0 radical (unpaired) electrons. The summed E-state index contributed by atoms with van der Waals surface area (Å²) in [4.78, 5) is 13.9. The standard InChI is InChI=1S/C13H16ClNO2/c1-15-7-10(11(8-15)13(16)17-2)9-5-3-4-6-12(9)14/h3-6,10-11H,7-8H2,1-2H3/t10-,11+/m0/s1. The lowest BCUT2D eigenvalue weighted by Crippen LogP contribution is -2.23. The maximum Gasteiger partial charge on any atom is 0.310 e. The van der Waals surface area contributed by atoms with Gasteiger partial charge in [-0.05, 0) is 18.7 Å². The summed E-state index contributed by atoms with van der Waals surface area (Å²) >= 11 is 6.19. The van der Waals surface area contributed by atoms with E-state index in [1.165, 1.54) is 7.11 Å². The zero-order valence-corrected chi connectivity index (χ0v) is 10.8. The second kappa shape index (κ2) is 5.07. The third-order valence-electron chi connectivity index (χ3n) is 3.31. The number of benzene rings is 1. The average molecular weight is 254 g/mol. The highest BCUT2D eigenvalue weighted by atomic mass is 35.5. The third-order valence-corrected chi connectivity index (χ3v) is 3.66. The number of hydrogen-bond acceptors (Lipinski definition) is 3. The van der Waals surface area contributed by atoms with Gasteiger partial charge in [0.25, 0.3) is 0 Å². The van der Waals surface area contributed by atoms with E-state index in [4.69, 9.17) is 16.3 Å². The summed E-state index contributed by atoms with van der Waals surface area (Å²) in [7, 11) is 3.44. The molecule has 3 nitrogen and oxygen atoms in total. The molecule has 1 saturated heterocycles. The van der Waals surface area contributed by atoms with Crippen LogP contribution in [0.4, 0.5) is 0 Å². The quantitative estimate of drug-likeness (QED) is 0.757. The molecule has 0 saturated carbocycles. The van der Waals surface area contributed by atoms with E-state index in [0.29, 0.717) is 0 Å². The summed E-state index contributed by atoms with van der Waals surface area (Å²) in [6.45, 7) is 1.56. The molecule has 1 fully saturated rings. The van der Waals surface area contributed by atoms with E-state index in [2.05, 4.69) is 4.90 Å². The Hall–Kier alpha value is -1.06. The van der Waals surface area contributed by atoms with Crippen molar-refractivity contribution in [3.63, 3.8) is 0 Å². The second-order valence-corrected chi connectivity index (χ2v) is 4.89. The summed E-state index contributed by atoms with van der Waals surface area (Å²) < 4.78 is 4.87. The number of halogens is 1. The van der Waals surface area contributed by atoms with Crippen LogP contribution in [0.2, 0.25) is 5.02 Å². The van der Waals surface area contributed by atoms with Crippen molar-refractivity contribution in [1.82, 2.24) is 4.90 Å². The first-order valence-corrected chi connectivity index (χ1v) is 6.02. The van der Waals surface area contributed by atoms with Gasteiger partial charge in [0.1, 0.15) is 0 Å². The number of ether oxygens (including phenoxy) is 1. The van der Waals surface area contributed by atoms with E-state index >= 15 is 0 Å². The van der Waals surface area contributed by atoms with Crippen molar-refractivity contribution < 1.29 is 9.53 Å². The normalized spacial score (nSPS) is 24.9. The number of carbonyl (C=O) groups is 1. The van der Waals surface area contributed by atoms with Gasteiger partial charge in [-0.2, -0.15) is 0 Å². The Morgan fingerprint density at radius 1 is 1.41 bits per heavy atom. The third kappa shape index (κ3) is 2.45. The van der Waals surface area contributed by atoms with Gasteiger partial charge < -0.3 is 9.64 Å². The molecule has 2 atom stereocenters. The monoisotopic (exact) mass is 253 g/mol. The molecule has 1 heterocycles. The maximum absolute atomic E-state index is 11.8. The van der Waals surface area contributed by atoms with Crippen LogP contribution >= 0.6 is 11.6 Å². The van der Waals surface area contributed by atoms with Gasteiger partial charge in [0.15, 0.2) is 0 Å². The lowest BCUT2D eigenvalue weighted by atomic mass is 9.89. The number of methoxy groups -OCH3 is 1. The summed E-state index contributed by atoms with van der Waals surface area (Å²) in [6.07, 6.45) is 0. The van der Waals surface area contributed by atoms with Crippen LogP contribution in [-0.4, -0.2) is 38.1 Å². The molecule has 0 aliphatic carbocycles. The molecule has 2 rings (SSSR count). The Morgan fingerprint density at radius 3 is 2.76 bits per heavy atom. The van der Waals surface area contributed by atoms with Crippen molar-refractivity contribution >= 4 is 17.6 Å². The van der Waals surface area contributed by atoms with Gasteiger partial charge in [-0.3, -0.25) is 4.79 Å². The minimum Gasteiger partial charge on any atom is -0.469 e. The number of esters is 1. The topological polar surface area (TPSA) is 29.5 Å². The van der Waals surface area contributed by atoms with Crippen LogP contribution in [-0.2, 0) is 9.53 Å². The van der Waals surface area contributed by atoms with Crippen LogP contribution in [0.25, 0.3) is 0 Å². The summed E-state index contributed by atoms with van der Waals surface area (Å²) in [5, 5.41) is 0.724. The van der Waals surface area contributed by atoms with Crippen LogP contribution in [0, 0.1) is 5.92 Å². The molecule has 0 unspecified atom stereocenters. The molecule has 0 bridgehead atoms. The smallest absolute Gasteiger partial charge is 0.310 e. The Kier molecular flexibility index (Phi) is 3.69. The minimum atomic E-state index is -0.153. The molecule has 4 heteroatoms. The Bertz CT molecular complexity index is 422. The maximum atomic E-state index is 11.8. The Labute approximate surface area is 106 Å². The fourth-order valence-electron chi connectivity index (χ4n) is 2.48. The van der Waals surface area contributed by atoms with Gasteiger partial charge in [0.05, 0.1) is 13.0 Å². The number of rotatable bonds is 2. The van der Waals surface area contributed by atoms with Gasteiger partial charge in [0.2, 0.25) is 0 Å². The summed E-state index contributed by atoms with van der Waals surface area (Å²) in [5.41, 5.74) is 1.04. The van der Waals surface area contributed by atoms with Gasteiger partial charge in [-0.1, -0.05) is 29.8 Å². The van der Waals surface area contributed by atoms with Gasteiger partial charge >= 0.3 is 5.97 Å². The zero-order valence-electron chi connectivity index (χ0n) is 10.0. The zero-order chi connectivity index (χ0) is 12.4. The summed E-state index contributed by atoms with van der Waals surface area (Å²) in [6, 6.07) is 7.71. The number of nitrogens with zero attached hydrogens (tertiary/aromatic N) is 1. The highest BCUT2D eigenvalue weighted by Crippen LogP contribution is 2.36. The largest absolute Gasteiger partial charge is 0.469 e. The lowest BCUT2D eigenvalue weighted by Gasteiger charge is -2.17. The molecule has 1 aromatic carbocycles. The highest BCUT2D eigenvalue weighted by Gasteiger charge is 2.38. The minimum absolute atomic E-state index is 0.120. The molecule has 0 spiro atoms. The molecular formula is C13H16ClNO2. The SMILES string of the molecule is COC(=O)[C@@H]1CN(C)C[C@H]1c1ccccc1Cl. The molecule has 0 aromatic heterocycles. The number of hydrogen-bond donors (Lipinski definition) is 0. The van der Waals surface area contributed by atoms with Crippen LogP contribution in [0.15, 0.2) is 24.3 Å². The first-order valence-electron chi connectivity index (χ1n) is 5.64. The van der Waals surface area contributed by atoms with E-state index in [1.807, 2.05) is 31.3 Å². The summed E-state index contributed by atoms with van der Waals surface area (Å²) in [5.74, 6) is -0.148. The molecule has 1 aromatic rings. The van der Waals surface area contributed by atoms with Crippen molar-refractivity contribution in [3.8, 4) is 0 Å². The average Bonchev–Trinajstić information content (AvgIpc) is 2.71. The van der Waals surface area contributed by atoms with E-state index in [1.54, 1.807) is 0 Å². The number of carbonyl (C=O) groups excluding carboxylic acids is 1. The van der Waals surface area contributed by atoms with Crippen molar-refractivity contribution in [3.05, 3.63) is 34.9 Å². The van der Waals surface area contributed by atoms with E-state index in [9.17, 15) is 4.79 Å². The molecule has 17 heavy (non-hydrogen) atoms. The molecular weight excluding hydrogens is 238 g/mol. The molecule has 92 valence electrons. The van der Waals surface area contributed by atoms with Gasteiger partial charge in [-0.15, -0.1) is 0 Å². The van der Waals surface area contributed by atoms with Crippen LogP contribution in [0.5, 0.6) is 0 Å². The lowest BCUT2D eigenvalue weighted by molar-refractivity contribution is -0.145. The van der Waals surface area contributed by atoms with Crippen molar-refractivity contribution in [2.75, 3.05) is 27.2 Å². The molecule has 1 aliphatic heterocycles. The van der Waals surface area contributed by atoms with E-state index < -0.39 is 0 Å². The first kappa shape index (κ1) is 12.4. The Morgan fingerprint density at radius 2 is 2.12 bits per heavy atom. The fourth-order valence-corrected chi connectivity index (χ4v) is 2.76. The predicted octanol–water partition coefficient (Wildman–Crippen LogP) is 2.16. The van der Waals surface area contributed by atoms with Crippen LogP contribution in [0.3, 0.4) is 0 Å². The fraction of sp³-hybridized carbons (Fsp3) is 0.462. The number of likely N-dealkylation sites (N-methyl/N-ethyl adjacent to an activating group) is 1. The predicted molar refractivity (Wildman–Crippen MR) is 67.2 cm³/mol. The highest BCUT2D eigenvalue weighted by molar-refractivity contribution is 6.31. The van der Waals surface area contributed by atoms with Gasteiger partial charge in [0, 0.05) is 24.0 Å². The van der Waals surface area contributed by atoms with Crippen molar-refractivity contribution in [1.29, 1.82) is 0 Å².